The maximum Gasteiger partial charge on any atom is 0.322 e. The lowest BCUT2D eigenvalue weighted by Crippen LogP contribution is -2.50. The largest absolute Gasteiger partial charge is 0.426 e. The monoisotopic (exact) mass is 237 g/mol. The molecule has 1 saturated heterocycles. The molecule has 6 N–H and O–H groups in total. The van der Waals surface area contributed by atoms with Crippen molar-refractivity contribution in [3.8, 4) is 0 Å². The molecule has 8 heteroatoms. The molecule has 94 valence electrons. The fourth-order valence-corrected chi connectivity index (χ4v) is 1.49. The zero-order valence-electron chi connectivity index (χ0n) is 8.44. The Kier molecular flexibility index (Phi) is 4.19. The predicted octanol–water partition coefficient (Wildman–Crippen LogP) is -3.71. The molecule has 1 aliphatic rings. The molecule has 0 aromatic heterocycles. The number of aliphatic hydroxyl groups is 4. The molecule has 0 spiro atoms. The summed E-state index contributed by atoms with van der Waals surface area (Å²) in [7, 11) is 0. The van der Waals surface area contributed by atoms with Crippen LogP contribution in [0.5, 0.6) is 0 Å². The van der Waals surface area contributed by atoms with Crippen LogP contribution < -0.4 is 5.73 Å². The lowest BCUT2D eigenvalue weighted by atomic mass is 10.1. The van der Waals surface area contributed by atoms with Crippen LogP contribution in [0.15, 0.2) is 0 Å². The van der Waals surface area contributed by atoms with Crippen LogP contribution in [0.2, 0.25) is 0 Å². The Balaban J connectivity index is 2.84. The highest BCUT2D eigenvalue weighted by molar-refractivity contribution is 5.71. The van der Waals surface area contributed by atoms with E-state index < -0.39 is 49.8 Å². The van der Waals surface area contributed by atoms with Crippen LogP contribution in [0, 0.1) is 0 Å². The maximum atomic E-state index is 11.0. The molecule has 4 atom stereocenters. The first-order chi connectivity index (χ1) is 7.50. The summed E-state index contributed by atoms with van der Waals surface area (Å²) < 4.78 is 9.60. The van der Waals surface area contributed by atoms with Crippen molar-refractivity contribution in [2.75, 3.05) is 19.8 Å². The van der Waals surface area contributed by atoms with Gasteiger partial charge in [0.15, 0.2) is 6.10 Å². The Morgan fingerprint density at radius 2 is 2.06 bits per heavy atom. The van der Waals surface area contributed by atoms with Crippen molar-refractivity contribution in [1.82, 2.24) is 0 Å². The minimum absolute atomic E-state index is 0.461. The number of aliphatic hydroxyl groups excluding tert-OH is 4. The second kappa shape index (κ2) is 5.04. The molecule has 1 fully saturated rings. The lowest BCUT2D eigenvalue weighted by Gasteiger charge is -2.29. The number of rotatable bonds is 4. The fourth-order valence-electron chi connectivity index (χ4n) is 1.49. The first-order valence-corrected chi connectivity index (χ1v) is 4.68. The summed E-state index contributed by atoms with van der Waals surface area (Å²) in [6.07, 6.45) is -4.24. The number of hydrogen-bond donors (Lipinski definition) is 5. The van der Waals surface area contributed by atoms with Gasteiger partial charge in [-0.25, -0.2) is 0 Å². The fraction of sp³-hybridized carbons (Fsp3) is 0.875. The first-order valence-electron chi connectivity index (χ1n) is 4.68. The zero-order chi connectivity index (χ0) is 12.3. The van der Waals surface area contributed by atoms with Crippen LogP contribution >= 0.6 is 0 Å². The number of carbonyl (C=O) groups excluding carboxylic acids is 1. The quantitative estimate of drug-likeness (QED) is 0.314. The van der Waals surface area contributed by atoms with Crippen molar-refractivity contribution >= 4 is 5.97 Å². The van der Waals surface area contributed by atoms with Crippen molar-refractivity contribution in [2.24, 2.45) is 5.73 Å². The highest BCUT2D eigenvalue weighted by atomic mass is 16.8. The van der Waals surface area contributed by atoms with E-state index in [-0.39, 0.29) is 0 Å². The summed E-state index contributed by atoms with van der Waals surface area (Å²) in [6.45, 7) is -1.90. The van der Waals surface area contributed by atoms with E-state index in [1.54, 1.807) is 0 Å². The smallest absolute Gasteiger partial charge is 0.322 e. The summed E-state index contributed by atoms with van der Waals surface area (Å²) in [6, 6.07) is 0. The number of carbonyl (C=O) groups is 1. The molecule has 1 rings (SSSR count). The van der Waals surface area contributed by atoms with E-state index in [4.69, 9.17) is 20.7 Å². The van der Waals surface area contributed by atoms with Gasteiger partial charge in [-0.15, -0.1) is 0 Å². The average molecular weight is 237 g/mol. The van der Waals surface area contributed by atoms with Gasteiger partial charge in [0, 0.05) is 0 Å². The van der Waals surface area contributed by atoms with E-state index >= 15 is 0 Å². The Morgan fingerprint density at radius 1 is 1.44 bits per heavy atom. The van der Waals surface area contributed by atoms with Crippen molar-refractivity contribution in [3.05, 3.63) is 0 Å². The predicted molar refractivity (Wildman–Crippen MR) is 48.9 cm³/mol. The third-order valence-corrected chi connectivity index (χ3v) is 2.36. The molecule has 16 heavy (non-hydrogen) atoms. The van der Waals surface area contributed by atoms with Crippen LogP contribution in [-0.2, 0) is 14.3 Å². The normalized spacial score (nSPS) is 38.7. The van der Waals surface area contributed by atoms with E-state index in [1.807, 2.05) is 0 Å². The van der Waals surface area contributed by atoms with E-state index in [2.05, 4.69) is 4.74 Å². The summed E-state index contributed by atoms with van der Waals surface area (Å²) in [5, 5.41) is 36.9. The molecule has 1 heterocycles. The second-order valence-electron chi connectivity index (χ2n) is 3.42. The summed E-state index contributed by atoms with van der Waals surface area (Å²) in [5.74, 6) is -2.97. The minimum Gasteiger partial charge on any atom is -0.426 e. The van der Waals surface area contributed by atoms with E-state index in [0.29, 0.717) is 0 Å². The molecule has 0 radical (unpaired) electrons. The van der Waals surface area contributed by atoms with Crippen molar-refractivity contribution in [2.45, 2.75) is 24.1 Å². The highest BCUT2D eigenvalue weighted by Crippen LogP contribution is 2.32. The summed E-state index contributed by atoms with van der Waals surface area (Å²) in [5.41, 5.74) is 5.01. The Bertz CT molecular complexity index is 261. The van der Waals surface area contributed by atoms with Crippen LogP contribution in [0.4, 0.5) is 0 Å². The third-order valence-electron chi connectivity index (χ3n) is 2.36. The molecule has 8 nitrogen and oxygen atoms in total. The van der Waals surface area contributed by atoms with Crippen LogP contribution in [0.1, 0.15) is 0 Å². The Hall–Kier alpha value is -0.770. The highest BCUT2D eigenvalue weighted by Gasteiger charge is 2.56. The third kappa shape index (κ3) is 2.17. The van der Waals surface area contributed by atoms with Crippen LogP contribution in [0.3, 0.4) is 0 Å². The number of ether oxygens (including phenoxy) is 2. The molecule has 0 bridgehead atoms. The number of nitrogens with two attached hydrogens (primary N) is 1. The lowest BCUT2D eigenvalue weighted by molar-refractivity contribution is -0.263. The minimum atomic E-state index is -2.07. The standard InChI is InChI=1S/C8H15NO7/c9-1-5(12)16-8(3-11)7(14)6(13)4(2-10)15-8/h4,6-7,10-11,13-14H,1-3,9H2/t4-,6-,7+,8?/m1/s1. The van der Waals surface area contributed by atoms with Gasteiger partial charge >= 0.3 is 5.97 Å². The van der Waals surface area contributed by atoms with Crippen molar-refractivity contribution < 1.29 is 34.7 Å². The molecule has 0 aliphatic carbocycles. The molecular formula is C8H15NO7. The van der Waals surface area contributed by atoms with Crippen LogP contribution in [-0.4, -0.2) is 70.3 Å². The van der Waals surface area contributed by atoms with Gasteiger partial charge in [-0.1, -0.05) is 0 Å². The first kappa shape index (κ1) is 13.3. The molecule has 0 amide bonds. The van der Waals surface area contributed by atoms with Gasteiger partial charge in [0.25, 0.3) is 5.79 Å². The number of esters is 1. The van der Waals surface area contributed by atoms with Crippen molar-refractivity contribution in [3.63, 3.8) is 0 Å². The molecule has 1 aliphatic heterocycles. The van der Waals surface area contributed by atoms with Gasteiger partial charge in [0.1, 0.15) is 18.8 Å². The van der Waals surface area contributed by atoms with E-state index in [0.717, 1.165) is 0 Å². The Labute approximate surface area is 91.2 Å². The summed E-state index contributed by atoms with van der Waals surface area (Å²) in [4.78, 5) is 11.0. The molecule has 0 aromatic rings. The van der Waals surface area contributed by atoms with Gasteiger partial charge in [-0.2, -0.15) is 0 Å². The second-order valence-corrected chi connectivity index (χ2v) is 3.42. The van der Waals surface area contributed by atoms with E-state index in [1.165, 1.54) is 0 Å². The van der Waals surface area contributed by atoms with Crippen molar-refractivity contribution in [1.29, 1.82) is 0 Å². The Morgan fingerprint density at radius 3 is 2.44 bits per heavy atom. The van der Waals surface area contributed by atoms with E-state index in [9.17, 15) is 15.0 Å². The van der Waals surface area contributed by atoms with Gasteiger partial charge in [-0.3, -0.25) is 4.79 Å². The maximum absolute atomic E-state index is 11.0. The van der Waals surface area contributed by atoms with Gasteiger partial charge < -0.3 is 35.6 Å². The zero-order valence-corrected chi connectivity index (χ0v) is 8.44. The topological polar surface area (TPSA) is 142 Å². The molecular weight excluding hydrogens is 222 g/mol. The average Bonchev–Trinajstić information content (AvgIpc) is 2.54. The summed E-state index contributed by atoms with van der Waals surface area (Å²) >= 11 is 0. The van der Waals surface area contributed by atoms with Gasteiger partial charge in [0.2, 0.25) is 0 Å². The molecule has 0 saturated carbocycles. The van der Waals surface area contributed by atoms with Gasteiger partial charge in [0.05, 0.1) is 13.2 Å². The SMILES string of the molecule is NCC(=O)OC1(CO)O[C@H](CO)[C@@H](O)[C@@H]1O. The molecule has 1 unspecified atom stereocenters. The molecule has 0 aromatic carbocycles. The van der Waals surface area contributed by atoms with Gasteiger partial charge in [-0.05, 0) is 0 Å². The number of hydrogen-bond acceptors (Lipinski definition) is 8. The van der Waals surface area contributed by atoms with Crippen LogP contribution in [0.25, 0.3) is 0 Å².